The minimum atomic E-state index is -3.59. The van der Waals surface area contributed by atoms with Crippen molar-refractivity contribution in [1.29, 1.82) is 0 Å². The third kappa shape index (κ3) is 3.79. The van der Waals surface area contributed by atoms with Crippen molar-refractivity contribution in [2.45, 2.75) is 38.6 Å². The fourth-order valence-corrected chi connectivity index (χ4v) is 6.50. The maximum Gasteiger partial charge on any atom is 0.308 e. The predicted molar refractivity (Wildman–Crippen MR) is 123 cm³/mol. The SMILES string of the molecule is CCCn1c(=O)sc2cc(S(=O)(=O)N3CCN(c4cc(C)ccc4C)CC3)ccc21. The number of fused-ring (bicyclic) bond motifs is 1. The number of hydrogen-bond acceptors (Lipinski definition) is 5. The van der Waals surface area contributed by atoms with Gasteiger partial charge in [-0.15, -0.1) is 0 Å². The number of sulfonamides is 1. The zero-order valence-electron chi connectivity index (χ0n) is 17.6. The second kappa shape index (κ2) is 8.17. The maximum absolute atomic E-state index is 13.2. The topological polar surface area (TPSA) is 62.6 Å². The van der Waals surface area contributed by atoms with Crippen molar-refractivity contribution in [2.75, 3.05) is 31.1 Å². The summed E-state index contributed by atoms with van der Waals surface area (Å²) in [6.07, 6.45) is 0.858. The van der Waals surface area contributed by atoms with E-state index in [4.69, 9.17) is 0 Å². The summed E-state index contributed by atoms with van der Waals surface area (Å²) in [5, 5.41) is 0. The lowest BCUT2D eigenvalue weighted by molar-refractivity contribution is 0.385. The van der Waals surface area contributed by atoms with Crippen LogP contribution in [0.4, 0.5) is 5.69 Å². The number of aromatic nitrogens is 1. The van der Waals surface area contributed by atoms with E-state index in [2.05, 4.69) is 36.9 Å². The molecule has 0 bridgehead atoms. The number of anilines is 1. The Morgan fingerprint density at radius 2 is 1.73 bits per heavy atom. The Morgan fingerprint density at radius 1 is 1.00 bits per heavy atom. The molecule has 0 radical (unpaired) electrons. The molecule has 4 rings (SSSR count). The molecule has 2 heterocycles. The second-order valence-electron chi connectivity index (χ2n) is 7.83. The number of hydrogen-bond donors (Lipinski definition) is 0. The van der Waals surface area contributed by atoms with Gasteiger partial charge in [-0.3, -0.25) is 9.36 Å². The van der Waals surface area contributed by atoms with E-state index in [9.17, 15) is 13.2 Å². The molecular formula is C22H27N3O3S2. The molecule has 0 amide bonds. The first-order valence-electron chi connectivity index (χ1n) is 10.3. The number of rotatable bonds is 5. The molecule has 30 heavy (non-hydrogen) atoms. The summed E-state index contributed by atoms with van der Waals surface area (Å²) in [4.78, 5) is 14.7. The number of benzene rings is 2. The van der Waals surface area contributed by atoms with Gasteiger partial charge in [0.15, 0.2) is 0 Å². The first kappa shape index (κ1) is 21.1. The number of thiazole rings is 1. The average molecular weight is 446 g/mol. The third-order valence-electron chi connectivity index (χ3n) is 5.67. The lowest BCUT2D eigenvalue weighted by Gasteiger charge is -2.36. The van der Waals surface area contributed by atoms with Crippen LogP contribution in [0.15, 0.2) is 46.1 Å². The van der Waals surface area contributed by atoms with Crippen LogP contribution in [-0.2, 0) is 16.6 Å². The lowest BCUT2D eigenvalue weighted by Crippen LogP contribution is -2.48. The van der Waals surface area contributed by atoms with Crippen molar-refractivity contribution in [3.63, 3.8) is 0 Å². The highest BCUT2D eigenvalue weighted by atomic mass is 32.2. The number of piperazine rings is 1. The smallest absolute Gasteiger partial charge is 0.308 e. The molecule has 0 aliphatic carbocycles. The van der Waals surface area contributed by atoms with Gasteiger partial charge in [-0.05, 0) is 55.7 Å². The molecule has 1 aliphatic heterocycles. The van der Waals surface area contributed by atoms with E-state index in [1.54, 1.807) is 27.1 Å². The Morgan fingerprint density at radius 3 is 2.43 bits per heavy atom. The van der Waals surface area contributed by atoms with Crippen molar-refractivity contribution in [3.05, 3.63) is 57.2 Å². The van der Waals surface area contributed by atoms with Crippen LogP contribution >= 0.6 is 11.3 Å². The van der Waals surface area contributed by atoms with Crippen LogP contribution in [0.3, 0.4) is 0 Å². The monoisotopic (exact) mass is 445 g/mol. The Balaban J connectivity index is 1.56. The molecular weight excluding hydrogens is 418 g/mol. The van der Waals surface area contributed by atoms with Gasteiger partial charge in [-0.2, -0.15) is 4.31 Å². The molecule has 0 saturated carbocycles. The largest absolute Gasteiger partial charge is 0.369 e. The molecule has 0 atom stereocenters. The first-order chi connectivity index (χ1) is 14.3. The van der Waals surface area contributed by atoms with Gasteiger partial charge in [0, 0.05) is 38.4 Å². The van der Waals surface area contributed by atoms with Crippen LogP contribution < -0.4 is 9.77 Å². The Kier molecular flexibility index (Phi) is 5.74. The van der Waals surface area contributed by atoms with Crippen LogP contribution in [-0.4, -0.2) is 43.5 Å². The van der Waals surface area contributed by atoms with Gasteiger partial charge in [-0.25, -0.2) is 8.42 Å². The van der Waals surface area contributed by atoms with E-state index in [0.29, 0.717) is 32.7 Å². The third-order valence-corrected chi connectivity index (χ3v) is 8.51. The van der Waals surface area contributed by atoms with Crippen molar-refractivity contribution >= 4 is 37.3 Å². The van der Waals surface area contributed by atoms with E-state index in [-0.39, 0.29) is 9.77 Å². The fraction of sp³-hybridized carbons (Fsp3) is 0.409. The molecule has 8 heteroatoms. The highest BCUT2D eigenvalue weighted by molar-refractivity contribution is 7.89. The minimum Gasteiger partial charge on any atom is -0.369 e. The van der Waals surface area contributed by atoms with Crippen LogP contribution in [0.2, 0.25) is 0 Å². The number of nitrogens with zero attached hydrogens (tertiary/aromatic N) is 3. The summed E-state index contributed by atoms with van der Waals surface area (Å²) < 4.78 is 30.5. The fourth-order valence-electron chi connectivity index (χ4n) is 4.02. The van der Waals surface area contributed by atoms with Gasteiger partial charge < -0.3 is 4.90 Å². The van der Waals surface area contributed by atoms with Crippen molar-refractivity contribution < 1.29 is 8.42 Å². The maximum atomic E-state index is 13.2. The minimum absolute atomic E-state index is 0.0384. The lowest BCUT2D eigenvalue weighted by atomic mass is 10.1. The highest BCUT2D eigenvalue weighted by Gasteiger charge is 2.29. The second-order valence-corrected chi connectivity index (χ2v) is 10.8. The van der Waals surface area contributed by atoms with Gasteiger partial charge in [0.05, 0.1) is 15.1 Å². The van der Waals surface area contributed by atoms with E-state index >= 15 is 0 Å². The van der Waals surface area contributed by atoms with Crippen LogP contribution in [0.5, 0.6) is 0 Å². The Labute approximate surface area is 181 Å². The zero-order valence-corrected chi connectivity index (χ0v) is 19.2. The standard InChI is InChI=1S/C22H27N3O3S2/c1-4-9-25-19-8-7-18(15-21(19)29-22(25)26)30(27,28)24-12-10-23(11-13-24)20-14-16(2)5-6-17(20)3/h5-8,14-15H,4,9-13H2,1-3H3. The van der Waals surface area contributed by atoms with Gasteiger partial charge >= 0.3 is 4.87 Å². The predicted octanol–water partition coefficient (Wildman–Crippen LogP) is 3.60. The summed E-state index contributed by atoms with van der Waals surface area (Å²) >= 11 is 1.11. The average Bonchev–Trinajstić information content (AvgIpc) is 3.05. The first-order valence-corrected chi connectivity index (χ1v) is 12.5. The number of aryl methyl sites for hydroxylation is 3. The molecule has 0 spiro atoms. The molecule has 0 N–H and O–H groups in total. The van der Waals surface area contributed by atoms with Crippen molar-refractivity contribution in [2.24, 2.45) is 0 Å². The van der Waals surface area contributed by atoms with Gasteiger partial charge in [0.1, 0.15) is 0 Å². The van der Waals surface area contributed by atoms with Crippen LogP contribution in [0.25, 0.3) is 10.2 Å². The zero-order chi connectivity index (χ0) is 21.5. The van der Waals surface area contributed by atoms with Crippen LogP contribution in [0, 0.1) is 13.8 Å². The molecule has 6 nitrogen and oxygen atoms in total. The summed E-state index contributed by atoms with van der Waals surface area (Å²) in [6.45, 7) is 9.03. The van der Waals surface area contributed by atoms with Gasteiger partial charge in [-0.1, -0.05) is 30.4 Å². The van der Waals surface area contributed by atoms with Crippen molar-refractivity contribution in [1.82, 2.24) is 8.87 Å². The molecule has 1 fully saturated rings. The molecule has 2 aromatic carbocycles. The van der Waals surface area contributed by atoms with Crippen molar-refractivity contribution in [3.8, 4) is 0 Å². The summed E-state index contributed by atoms with van der Waals surface area (Å²) in [6, 6.07) is 11.4. The summed E-state index contributed by atoms with van der Waals surface area (Å²) in [7, 11) is -3.59. The van der Waals surface area contributed by atoms with E-state index in [1.165, 1.54) is 16.8 Å². The van der Waals surface area contributed by atoms with Crippen LogP contribution in [0.1, 0.15) is 24.5 Å². The Hall–Kier alpha value is -2.16. The Bertz CT molecular complexity index is 1240. The molecule has 1 saturated heterocycles. The molecule has 3 aromatic rings. The summed E-state index contributed by atoms with van der Waals surface area (Å²) in [5.74, 6) is 0. The quantitative estimate of drug-likeness (QED) is 0.602. The van der Waals surface area contributed by atoms with E-state index < -0.39 is 10.0 Å². The van der Waals surface area contributed by atoms with Gasteiger partial charge in [0.2, 0.25) is 10.0 Å². The molecule has 1 aliphatic rings. The highest BCUT2D eigenvalue weighted by Crippen LogP contribution is 2.27. The molecule has 0 unspecified atom stereocenters. The normalized spacial score (nSPS) is 15.8. The summed E-state index contributed by atoms with van der Waals surface area (Å²) in [5.41, 5.74) is 4.39. The van der Waals surface area contributed by atoms with Gasteiger partial charge in [0.25, 0.3) is 0 Å². The van der Waals surface area contributed by atoms with E-state index in [1.807, 2.05) is 6.92 Å². The molecule has 1 aromatic heterocycles. The molecule has 160 valence electrons. The van der Waals surface area contributed by atoms with E-state index in [0.717, 1.165) is 28.0 Å².